The molecule has 0 fully saturated rings. The standard InChI is InChI=1S/C28H16N4/c29-17-18-9-1-6-14-23(18)31-24-15-7-4-12-21(24)26-19-10-2-3-11-20(19)27-30-22-13-5-8-16-25(22)32(27)28(26)31/h1-16H. The Morgan fingerprint density at radius 3 is 2.16 bits per heavy atom. The summed E-state index contributed by atoms with van der Waals surface area (Å²) in [6.07, 6.45) is 0. The smallest absolute Gasteiger partial charge is 0.147 e. The second-order valence-corrected chi connectivity index (χ2v) is 7.99. The van der Waals surface area contributed by atoms with Crippen LogP contribution in [0.2, 0.25) is 0 Å². The van der Waals surface area contributed by atoms with E-state index in [2.05, 4.69) is 75.7 Å². The van der Waals surface area contributed by atoms with Crippen molar-refractivity contribution < 1.29 is 0 Å². The SMILES string of the molecule is N#Cc1ccccc1-n1c2ccccc2c2c3ccccc3c3nc4ccccc4n3c21. The van der Waals surface area contributed by atoms with Gasteiger partial charge in [0.15, 0.2) is 0 Å². The highest BCUT2D eigenvalue weighted by Crippen LogP contribution is 2.40. The molecule has 4 nitrogen and oxygen atoms in total. The van der Waals surface area contributed by atoms with Crippen molar-refractivity contribution in [1.82, 2.24) is 14.0 Å². The average molecular weight is 408 g/mol. The van der Waals surface area contributed by atoms with Crippen LogP contribution in [0.1, 0.15) is 5.56 Å². The van der Waals surface area contributed by atoms with Gasteiger partial charge in [-0.15, -0.1) is 0 Å². The summed E-state index contributed by atoms with van der Waals surface area (Å²) in [6, 6.07) is 35.3. The highest BCUT2D eigenvalue weighted by Gasteiger charge is 2.22. The van der Waals surface area contributed by atoms with Gasteiger partial charge >= 0.3 is 0 Å². The van der Waals surface area contributed by atoms with Crippen LogP contribution in [0.4, 0.5) is 0 Å². The summed E-state index contributed by atoms with van der Waals surface area (Å²) in [5, 5.41) is 14.5. The van der Waals surface area contributed by atoms with Gasteiger partial charge in [0, 0.05) is 16.2 Å². The first-order chi connectivity index (χ1) is 15.9. The summed E-state index contributed by atoms with van der Waals surface area (Å²) < 4.78 is 4.47. The molecule has 7 aromatic rings. The molecule has 0 aliphatic heterocycles. The fraction of sp³-hybridized carbons (Fsp3) is 0. The summed E-state index contributed by atoms with van der Waals surface area (Å²) in [5.74, 6) is 0. The molecule has 0 atom stereocenters. The molecule has 4 aromatic carbocycles. The van der Waals surface area contributed by atoms with E-state index in [1.54, 1.807) is 0 Å². The number of aromatic nitrogens is 3. The number of para-hydroxylation sites is 4. The van der Waals surface area contributed by atoms with Gasteiger partial charge in [0.05, 0.1) is 27.8 Å². The minimum Gasteiger partial charge on any atom is -0.294 e. The Bertz CT molecular complexity index is 1900. The topological polar surface area (TPSA) is 46.0 Å². The lowest BCUT2D eigenvalue weighted by Crippen LogP contribution is -2.01. The number of fused-ring (bicyclic) bond motifs is 10. The van der Waals surface area contributed by atoms with Crippen LogP contribution in [0.5, 0.6) is 0 Å². The molecular formula is C28H16N4. The normalized spacial score (nSPS) is 11.7. The van der Waals surface area contributed by atoms with E-state index in [9.17, 15) is 5.26 Å². The number of benzene rings is 4. The first-order valence-electron chi connectivity index (χ1n) is 10.6. The quantitative estimate of drug-likeness (QED) is 0.307. The molecule has 0 aliphatic carbocycles. The second-order valence-electron chi connectivity index (χ2n) is 7.99. The third-order valence-corrected chi connectivity index (χ3v) is 6.33. The van der Waals surface area contributed by atoms with Crippen LogP contribution in [0.3, 0.4) is 0 Å². The van der Waals surface area contributed by atoms with Crippen molar-refractivity contribution in [1.29, 1.82) is 5.26 Å². The zero-order valence-electron chi connectivity index (χ0n) is 17.0. The van der Waals surface area contributed by atoms with Gasteiger partial charge in [0.25, 0.3) is 0 Å². The summed E-state index contributed by atoms with van der Waals surface area (Å²) >= 11 is 0. The molecule has 0 spiro atoms. The van der Waals surface area contributed by atoms with Crippen molar-refractivity contribution in [3.05, 3.63) is 103 Å². The summed E-state index contributed by atoms with van der Waals surface area (Å²) in [7, 11) is 0. The maximum atomic E-state index is 9.90. The average Bonchev–Trinajstić information content (AvgIpc) is 3.40. The van der Waals surface area contributed by atoms with Crippen molar-refractivity contribution in [3.63, 3.8) is 0 Å². The maximum Gasteiger partial charge on any atom is 0.147 e. The van der Waals surface area contributed by atoms with Crippen molar-refractivity contribution in [2.45, 2.75) is 0 Å². The van der Waals surface area contributed by atoms with Crippen LogP contribution in [-0.4, -0.2) is 14.0 Å². The lowest BCUT2D eigenvalue weighted by atomic mass is 10.1. The number of nitrogens with zero attached hydrogens (tertiary/aromatic N) is 4. The Kier molecular flexibility index (Phi) is 3.31. The van der Waals surface area contributed by atoms with Crippen molar-refractivity contribution in [2.24, 2.45) is 0 Å². The number of hydrogen-bond acceptors (Lipinski definition) is 2. The third-order valence-electron chi connectivity index (χ3n) is 6.33. The van der Waals surface area contributed by atoms with Crippen molar-refractivity contribution >= 4 is 49.4 Å². The highest BCUT2D eigenvalue weighted by molar-refractivity contribution is 6.23. The Labute approximate surface area is 183 Å². The molecule has 7 rings (SSSR count). The van der Waals surface area contributed by atoms with Crippen LogP contribution in [0.15, 0.2) is 97.1 Å². The largest absolute Gasteiger partial charge is 0.294 e. The van der Waals surface area contributed by atoms with E-state index in [1.165, 1.54) is 5.39 Å². The predicted molar refractivity (Wildman–Crippen MR) is 129 cm³/mol. The molecule has 0 unspecified atom stereocenters. The Balaban J connectivity index is 1.90. The fourth-order valence-electron chi connectivity index (χ4n) is 5.03. The summed E-state index contributed by atoms with van der Waals surface area (Å²) in [4.78, 5) is 5.03. The fourth-order valence-corrected chi connectivity index (χ4v) is 5.03. The number of hydrogen-bond donors (Lipinski definition) is 0. The van der Waals surface area contributed by atoms with E-state index in [0.717, 1.165) is 49.7 Å². The number of imidazole rings is 1. The van der Waals surface area contributed by atoms with Crippen LogP contribution in [-0.2, 0) is 0 Å². The molecule has 0 amide bonds. The molecule has 0 N–H and O–H groups in total. The Morgan fingerprint density at radius 1 is 0.656 bits per heavy atom. The van der Waals surface area contributed by atoms with Gasteiger partial charge in [-0.1, -0.05) is 66.7 Å². The van der Waals surface area contributed by atoms with Gasteiger partial charge in [-0.25, -0.2) is 4.98 Å². The van der Waals surface area contributed by atoms with Gasteiger partial charge in [0.2, 0.25) is 0 Å². The van der Waals surface area contributed by atoms with E-state index in [4.69, 9.17) is 4.98 Å². The maximum absolute atomic E-state index is 9.90. The third kappa shape index (κ3) is 2.07. The van der Waals surface area contributed by atoms with Gasteiger partial charge in [-0.3, -0.25) is 8.97 Å². The van der Waals surface area contributed by atoms with E-state index in [-0.39, 0.29) is 0 Å². The minimum absolute atomic E-state index is 0.640. The van der Waals surface area contributed by atoms with Crippen molar-refractivity contribution in [3.8, 4) is 11.8 Å². The molecule has 3 heterocycles. The lowest BCUT2D eigenvalue weighted by Gasteiger charge is -2.12. The molecule has 148 valence electrons. The van der Waals surface area contributed by atoms with Gasteiger partial charge < -0.3 is 0 Å². The van der Waals surface area contributed by atoms with E-state index in [1.807, 2.05) is 36.4 Å². The minimum atomic E-state index is 0.640. The predicted octanol–water partition coefficient (Wildman–Crippen LogP) is 6.61. The van der Waals surface area contributed by atoms with Crippen LogP contribution in [0, 0.1) is 11.3 Å². The first kappa shape index (κ1) is 17.1. The number of pyridine rings is 1. The molecule has 0 aliphatic rings. The molecule has 0 saturated carbocycles. The monoisotopic (exact) mass is 408 g/mol. The molecular weight excluding hydrogens is 392 g/mol. The highest BCUT2D eigenvalue weighted by atomic mass is 15.1. The van der Waals surface area contributed by atoms with Gasteiger partial charge in [0.1, 0.15) is 17.4 Å². The number of nitriles is 1. The number of rotatable bonds is 1. The Morgan fingerprint density at radius 2 is 1.31 bits per heavy atom. The van der Waals surface area contributed by atoms with E-state index >= 15 is 0 Å². The molecule has 32 heavy (non-hydrogen) atoms. The van der Waals surface area contributed by atoms with Gasteiger partial charge in [-0.05, 0) is 35.7 Å². The van der Waals surface area contributed by atoms with Crippen LogP contribution >= 0.6 is 0 Å². The molecule has 0 bridgehead atoms. The van der Waals surface area contributed by atoms with Crippen LogP contribution < -0.4 is 0 Å². The van der Waals surface area contributed by atoms with Gasteiger partial charge in [-0.2, -0.15) is 5.26 Å². The zero-order valence-corrected chi connectivity index (χ0v) is 17.0. The summed E-state index contributed by atoms with van der Waals surface area (Å²) in [6.45, 7) is 0. The van der Waals surface area contributed by atoms with E-state index < -0.39 is 0 Å². The molecule has 3 aromatic heterocycles. The molecule has 0 saturated heterocycles. The van der Waals surface area contributed by atoms with Crippen LogP contribution in [0.25, 0.3) is 55.1 Å². The lowest BCUT2D eigenvalue weighted by molar-refractivity contribution is 1.11. The van der Waals surface area contributed by atoms with Crippen molar-refractivity contribution in [2.75, 3.05) is 0 Å². The summed E-state index contributed by atoms with van der Waals surface area (Å²) in [5.41, 5.74) is 6.54. The Hall–Kier alpha value is -4.62. The van der Waals surface area contributed by atoms with E-state index in [0.29, 0.717) is 5.56 Å². The molecule has 0 radical (unpaired) electrons. The second kappa shape index (κ2) is 6.19. The molecule has 4 heteroatoms. The zero-order chi connectivity index (χ0) is 21.2. The first-order valence-corrected chi connectivity index (χ1v) is 10.6.